The van der Waals surface area contributed by atoms with E-state index in [0.717, 1.165) is 51.6 Å². The maximum Gasteiger partial charge on any atom is 0.0594 e. The zero-order valence-electron chi connectivity index (χ0n) is 12.9. The van der Waals surface area contributed by atoms with Crippen LogP contribution in [0.3, 0.4) is 0 Å². The molecule has 0 bridgehead atoms. The average Bonchev–Trinajstić information content (AvgIpc) is 2.37. The molecular weight excluding hydrogens is 238 g/mol. The summed E-state index contributed by atoms with van der Waals surface area (Å²) >= 11 is 0. The van der Waals surface area contributed by atoms with Gasteiger partial charge in [0.25, 0.3) is 0 Å². The molecule has 1 saturated carbocycles. The second-order valence-electron chi connectivity index (χ2n) is 7.45. The fraction of sp³-hybridized carbons (Fsp3) is 1.00. The lowest BCUT2D eigenvalue weighted by Gasteiger charge is -2.41. The molecule has 0 amide bonds. The SMILES string of the molecule is CC(C)(C)C1CCC(O)C(CCN2CCOCC2)C1. The highest BCUT2D eigenvalue weighted by Crippen LogP contribution is 2.41. The number of hydrogen-bond acceptors (Lipinski definition) is 3. The van der Waals surface area contributed by atoms with Crippen molar-refractivity contribution >= 4 is 0 Å². The molecule has 3 nitrogen and oxygen atoms in total. The molecule has 1 saturated heterocycles. The van der Waals surface area contributed by atoms with E-state index in [0.29, 0.717) is 11.3 Å². The smallest absolute Gasteiger partial charge is 0.0594 e. The Bertz CT molecular complexity index is 268. The van der Waals surface area contributed by atoms with Crippen LogP contribution in [-0.2, 0) is 4.74 Å². The molecule has 3 unspecified atom stereocenters. The first-order valence-corrected chi connectivity index (χ1v) is 7.95. The lowest BCUT2D eigenvalue weighted by molar-refractivity contribution is 0.000387. The van der Waals surface area contributed by atoms with Gasteiger partial charge < -0.3 is 9.84 Å². The van der Waals surface area contributed by atoms with Crippen LogP contribution in [0.2, 0.25) is 0 Å². The van der Waals surface area contributed by atoms with Crippen LogP contribution in [0.25, 0.3) is 0 Å². The molecule has 0 aromatic carbocycles. The van der Waals surface area contributed by atoms with Gasteiger partial charge in [0.15, 0.2) is 0 Å². The standard InChI is InChI=1S/C16H31NO2/c1-16(2,3)14-4-5-15(18)13(12-14)6-7-17-8-10-19-11-9-17/h13-15,18H,4-12H2,1-3H3. The predicted molar refractivity (Wildman–Crippen MR) is 78.2 cm³/mol. The van der Waals surface area contributed by atoms with E-state index in [-0.39, 0.29) is 6.10 Å². The van der Waals surface area contributed by atoms with Gasteiger partial charge in [0, 0.05) is 13.1 Å². The van der Waals surface area contributed by atoms with Crippen LogP contribution in [0.15, 0.2) is 0 Å². The summed E-state index contributed by atoms with van der Waals surface area (Å²) in [5.74, 6) is 1.27. The van der Waals surface area contributed by atoms with Crippen LogP contribution in [-0.4, -0.2) is 49.0 Å². The fourth-order valence-corrected chi connectivity index (χ4v) is 3.52. The van der Waals surface area contributed by atoms with E-state index in [1.807, 2.05) is 0 Å². The van der Waals surface area contributed by atoms with Crippen molar-refractivity contribution in [1.29, 1.82) is 0 Å². The first-order chi connectivity index (χ1) is 8.97. The Morgan fingerprint density at radius 3 is 2.47 bits per heavy atom. The Balaban J connectivity index is 1.80. The van der Waals surface area contributed by atoms with Gasteiger partial charge >= 0.3 is 0 Å². The van der Waals surface area contributed by atoms with Gasteiger partial charge in [-0.25, -0.2) is 0 Å². The van der Waals surface area contributed by atoms with E-state index in [9.17, 15) is 5.11 Å². The summed E-state index contributed by atoms with van der Waals surface area (Å²) in [6.07, 6.45) is 4.47. The zero-order chi connectivity index (χ0) is 13.9. The third kappa shape index (κ3) is 4.44. The van der Waals surface area contributed by atoms with Crippen LogP contribution in [0, 0.1) is 17.3 Å². The lowest BCUT2D eigenvalue weighted by Crippen LogP contribution is -2.40. The van der Waals surface area contributed by atoms with E-state index in [1.54, 1.807) is 0 Å². The Labute approximate surface area is 118 Å². The molecule has 1 aliphatic carbocycles. The van der Waals surface area contributed by atoms with Gasteiger partial charge in [0.2, 0.25) is 0 Å². The van der Waals surface area contributed by atoms with Crippen LogP contribution >= 0.6 is 0 Å². The van der Waals surface area contributed by atoms with Crippen LogP contribution in [0.1, 0.15) is 46.5 Å². The van der Waals surface area contributed by atoms with Gasteiger partial charge in [-0.1, -0.05) is 20.8 Å². The summed E-state index contributed by atoms with van der Waals surface area (Å²) in [5.41, 5.74) is 0.386. The summed E-state index contributed by atoms with van der Waals surface area (Å²) in [7, 11) is 0. The van der Waals surface area contributed by atoms with Gasteiger partial charge in [0.05, 0.1) is 19.3 Å². The van der Waals surface area contributed by atoms with Gasteiger partial charge in [-0.05, 0) is 49.5 Å². The predicted octanol–water partition coefficient (Wildman–Crippen LogP) is 2.53. The highest BCUT2D eigenvalue weighted by Gasteiger charge is 2.35. The summed E-state index contributed by atoms with van der Waals surface area (Å²) in [4.78, 5) is 2.48. The van der Waals surface area contributed by atoms with Crippen LogP contribution in [0.4, 0.5) is 0 Å². The van der Waals surface area contributed by atoms with Crippen LogP contribution in [0.5, 0.6) is 0 Å². The molecule has 2 aliphatic rings. The summed E-state index contributed by atoms with van der Waals surface area (Å²) < 4.78 is 5.38. The van der Waals surface area contributed by atoms with Crippen molar-refractivity contribution in [1.82, 2.24) is 4.90 Å². The number of hydrogen-bond donors (Lipinski definition) is 1. The fourth-order valence-electron chi connectivity index (χ4n) is 3.52. The molecule has 0 radical (unpaired) electrons. The Kier molecular flexibility index (Phi) is 5.27. The van der Waals surface area contributed by atoms with Crippen molar-refractivity contribution in [2.24, 2.45) is 17.3 Å². The first-order valence-electron chi connectivity index (χ1n) is 7.95. The molecule has 1 aliphatic heterocycles. The van der Waals surface area contributed by atoms with Crippen molar-refractivity contribution in [3.63, 3.8) is 0 Å². The Morgan fingerprint density at radius 2 is 1.84 bits per heavy atom. The quantitative estimate of drug-likeness (QED) is 0.854. The first kappa shape index (κ1) is 15.3. The topological polar surface area (TPSA) is 32.7 Å². The minimum absolute atomic E-state index is 0.0698. The normalized spacial score (nSPS) is 34.4. The molecule has 0 aromatic rings. The number of aliphatic hydroxyl groups is 1. The van der Waals surface area contributed by atoms with Crippen molar-refractivity contribution < 1.29 is 9.84 Å². The monoisotopic (exact) mass is 269 g/mol. The summed E-state index contributed by atoms with van der Waals surface area (Å²) in [6.45, 7) is 12.0. The third-order valence-corrected chi connectivity index (χ3v) is 5.09. The van der Waals surface area contributed by atoms with Gasteiger partial charge in [0.1, 0.15) is 0 Å². The molecule has 1 N–H and O–H groups in total. The van der Waals surface area contributed by atoms with Gasteiger partial charge in [-0.15, -0.1) is 0 Å². The number of rotatable bonds is 3. The maximum atomic E-state index is 10.2. The minimum atomic E-state index is -0.0698. The molecule has 112 valence electrons. The summed E-state index contributed by atoms with van der Waals surface area (Å²) in [6, 6.07) is 0. The highest BCUT2D eigenvalue weighted by atomic mass is 16.5. The van der Waals surface area contributed by atoms with Crippen molar-refractivity contribution in [3.8, 4) is 0 Å². The third-order valence-electron chi connectivity index (χ3n) is 5.09. The van der Waals surface area contributed by atoms with E-state index >= 15 is 0 Å². The van der Waals surface area contributed by atoms with E-state index in [1.165, 1.54) is 12.8 Å². The van der Waals surface area contributed by atoms with Crippen molar-refractivity contribution in [3.05, 3.63) is 0 Å². The molecule has 0 spiro atoms. The molecular formula is C16H31NO2. The van der Waals surface area contributed by atoms with E-state index in [4.69, 9.17) is 4.74 Å². The molecule has 2 fully saturated rings. The number of morpholine rings is 1. The second-order valence-corrected chi connectivity index (χ2v) is 7.45. The highest BCUT2D eigenvalue weighted by molar-refractivity contribution is 4.86. The Morgan fingerprint density at radius 1 is 1.16 bits per heavy atom. The molecule has 3 heteroatoms. The molecule has 0 aromatic heterocycles. The van der Waals surface area contributed by atoms with Crippen molar-refractivity contribution in [2.45, 2.75) is 52.6 Å². The molecule has 1 heterocycles. The second kappa shape index (κ2) is 6.55. The van der Waals surface area contributed by atoms with Crippen LogP contribution < -0.4 is 0 Å². The van der Waals surface area contributed by atoms with Gasteiger partial charge in [-0.3, -0.25) is 4.90 Å². The summed E-state index contributed by atoms with van der Waals surface area (Å²) in [5, 5.41) is 10.2. The number of aliphatic hydroxyl groups excluding tert-OH is 1. The molecule has 3 atom stereocenters. The zero-order valence-corrected chi connectivity index (χ0v) is 12.9. The largest absolute Gasteiger partial charge is 0.393 e. The maximum absolute atomic E-state index is 10.2. The number of nitrogens with zero attached hydrogens (tertiary/aromatic N) is 1. The lowest BCUT2D eigenvalue weighted by atomic mass is 9.67. The van der Waals surface area contributed by atoms with Gasteiger partial charge in [-0.2, -0.15) is 0 Å². The molecule has 19 heavy (non-hydrogen) atoms. The number of ether oxygens (including phenoxy) is 1. The van der Waals surface area contributed by atoms with E-state index < -0.39 is 0 Å². The average molecular weight is 269 g/mol. The molecule has 2 rings (SSSR count). The Hall–Kier alpha value is -0.120. The van der Waals surface area contributed by atoms with Crippen molar-refractivity contribution in [2.75, 3.05) is 32.8 Å². The van der Waals surface area contributed by atoms with E-state index in [2.05, 4.69) is 25.7 Å². The minimum Gasteiger partial charge on any atom is -0.393 e.